The van der Waals surface area contributed by atoms with Crippen LogP contribution in [0.5, 0.6) is 0 Å². The van der Waals surface area contributed by atoms with Gasteiger partial charge in [-0.05, 0) is 19.3 Å². The van der Waals surface area contributed by atoms with E-state index in [1.807, 2.05) is 0 Å². The van der Waals surface area contributed by atoms with Gasteiger partial charge >= 0.3 is 0 Å². The Balaban J connectivity index is 2.25. The largest absolute Gasteiger partial charge is 0.394 e. The number of hydrogen-bond acceptors (Lipinski definition) is 8. The monoisotopic (exact) mass is 348 g/mol. The van der Waals surface area contributed by atoms with Gasteiger partial charge in [-0.1, -0.05) is 25.5 Å². The lowest BCUT2D eigenvalue weighted by Crippen LogP contribution is -2.63. The molecule has 6 N–H and O–H groups in total. The quantitative estimate of drug-likeness (QED) is 0.329. The molecule has 8 heteroatoms. The molecule has 0 aromatic carbocycles. The van der Waals surface area contributed by atoms with Crippen LogP contribution in [0.25, 0.3) is 0 Å². The van der Waals surface area contributed by atoms with Gasteiger partial charge in [0.25, 0.3) is 0 Å². The summed E-state index contributed by atoms with van der Waals surface area (Å²) in [5, 5.41) is 60.2. The van der Waals surface area contributed by atoms with Gasteiger partial charge in [0, 0.05) is 0 Å². The molecule has 0 aromatic rings. The Hall–Kier alpha value is -0.580. The molecule has 140 valence electrons. The molecule has 1 aliphatic carbocycles. The number of rotatable bonds is 4. The zero-order chi connectivity index (χ0) is 18.2. The van der Waals surface area contributed by atoms with Crippen molar-refractivity contribution < 1.29 is 40.1 Å². The van der Waals surface area contributed by atoms with E-state index in [4.69, 9.17) is 9.47 Å². The van der Waals surface area contributed by atoms with Gasteiger partial charge in [-0.15, -0.1) is 0 Å². The van der Waals surface area contributed by atoms with Crippen LogP contribution in [-0.4, -0.2) is 85.8 Å². The van der Waals surface area contributed by atoms with Crippen LogP contribution in [0, 0.1) is 5.92 Å². The molecular formula is C16H28O8. The fraction of sp³-hybridized carbons (Fsp3) is 0.875. The maximum atomic E-state index is 10.9. The van der Waals surface area contributed by atoms with Crippen molar-refractivity contribution in [2.45, 2.75) is 75.7 Å². The predicted octanol–water partition coefficient (Wildman–Crippen LogP) is -1.73. The standard InChI is InChI=1S/C16H28O8/c1-7(2)16(22)10(18)4-8(3)5-11(16)24-15-14(21)13(20)12(19)9(6-17)23-15/h5,7,9-15,17-22H,4,6H2,1-3H3/t9-,10-,11+,12-,13+,14-,15+,16+/m1/s1. The van der Waals surface area contributed by atoms with Crippen LogP contribution in [0.2, 0.25) is 0 Å². The van der Waals surface area contributed by atoms with Crippen molar-refractivity contribution in [3.63, 3.8) is 0 Å². The van der Waals surface area contributed by atoms with Gasteiger partial charge in [0.1, 0.15) is 36.1 Å². The molecule has 0 spiro atoms. The molecule has 1 aliphatic heterocycles. The van der Waals surface area contributed by atoms with E-state index in [0.717, 1.165) is 5.57 Å². The van der Waals surface area contributed by atoms with Crippen molar-refractivity contribution in [1.29, 1.82) is 0 Å². The summed E-state index contributed by atoms with van der Waals surface area (Å²) in [5.41, 5.74) is -0.791. The molecule has 1 saturated heterocycles. The molecule has 0 radical (unpaired) electrons. The van der Waals surface area contributed by atoms with Crippen molar-refractivity contribution in [2.75, 3.05) is 6.61 Å². The molecule has 1 heterocycles. The highest BCUT2D eigenvalue weighted by Gasteiger charge is 2.52. The third-order valence-corrected chi connectivity index (χ3v) is 4.99. The first kappa shape index (κ1) is 19.7. The van der Waals surface area contributed by atoms with Crippen LogP contribution in [-0.2, 0) is 9.47 Å². The summed E-state index contributed by atoms with van der Waals surface area (Å²) in [5.74, 6) is -0.355. The summed E-state index contributed by atoms with van der Waals surface area (Å²) in [6.45, 7) is 4.69. The Morgan fingerprint density at radius 1 is 1.21 bits per heavy atom. The second-order valence-corrected chi connectivity index (χ2v) is 7.03. The van der Waals surface area contributed by atoms with Crippen LogP contribution < -0.4 is 0 Å². The molecule has 0 aromatic heterocycles. The third-order valence-electron chi connectivity index (χ3n) is 4.99. The van der Waals surface area contributed by atoms with E-state index in [0.29, 0.717) is 6.42 Å². The zero-order valence-electron chi connectivity index (χ0n) is 14.1. The molecule has 0 bridgehead atoms. The molecule has 8 nitrogen and oxygen atoms in total. The van der Waals surface area contributed by atoms with Gasteiger partial charge in [-0.25, -0.2) is 0 Å². The van der Waals surface area contributed by atoms with Crippen LogP contribution in [0.3, 0.4) is 0 Å². The maximum absolute atomic E-state index is 10.9. The smallest absolute Gasteiger partial charge is 0.187 e. The highest BCUT2D eigenvalue weighted by atomic mass is 16.7. The van der Waals surface area contributed by atoms with Crippen LogP contribution in [0.1, 0.15) is 27.2 Å². The molecule has 2 rings (SSSR count). The van der Waals surface area contributed by atoms with Crippen LogP contribution >= 0.6 is 0 Å². The lowest BCUT2D eigenvalue weighted by molar-refractivity contribution is -0.326. The van der Waals surface area contributed by atoms with Crippen molar-refractivity contribution in [2.24, 2.45) is 5.92 Å². The number of aliphatic hydroxyl groups is 6. The minimum absolute atomic E-state index is 0.295. The van der Waals surface area contributed by atoms with E-state index in [-0.39, 0.29) is 5.92 Å². The molecule has 0 unspecified atom stereocenters. The van der Waals surface area contributed by atoms with E-state index in [2.05, 4.69) is 0 Å². The Labute approximate surface area is 141 Å². The molecule has 2 aliphatic rings. The highest BCUT2D eigenvalue weighted by Crippen LogP contribution is 2.37. The number of hydrogen-bond donors (Lipinski definition) is 6. The molecule has 24 heavy (non-hydrogen) atoms. The van der Waals surface area contributed by atoms with E-state index < -0.39 is 55.1 Å². The minimum Gasteiger partial charge on any atom is -0.394 e. The average Bonchev–Trinajstić information content (AvgIpc) is 2.52. The molecule has 0 saturated carbocycles. The Morgan fingerprint density at radius 3 is 2.38 bits per heavy atom. The van der Waals surface area contributed by atoms with Gasteiger partial charge in [-0.2, -0.15) is 0 Å². The Morgan fingerprint density at radius 2 is 1.83 bits per heavy atom. The lowest BCUT2D eigenvalue weighted by Gasteiger charge is -2.47. The van der Waals surface area contributed by atoms with Gasteiger partial charge in [0.15, 0.2) is 6.29 Å². The highest BCUT2D eigenvalue weighted by molar-refractivity contribution is 5.19. The lowest BCUT2D eigenvalue weighted by atomic mass is 9.74. The fourth-order valence-electron chi connectivity index (χ4n) is 3.30. The van der Waals surface area contributed by atoms with Crippen molar-refractivity contribution in [3.8, 4) is 0 Å². The second kappa shape index (κ2) is 7.35. The average molecular weight is 348 g/mol. The Bertz CT molecular complexity index is 465. The summed E-state index contributed by atoms with van der Waals surface area (Å²) in [6, 6.07) is 0. The SMILES string of the molecule is CC1=C[C@H](O[C@@H]2O[C@H](CO)[C@@H](O)[C@H](O)[C@H]2O)[C@](O)(C(C)C)[C@H](O)C1. The van der Waals surface area contributed by atoms with Gasteiger partial charge < -0.3 is 40.1 Å². The summed E-state index contributed by atoms with van der Waals surface area (Å²) >= 11 is 0. The molecule has 1 fully saturated rings. The van der Waals surface area contributed by atoms with Gasteiger partial charge in [-0.3, -0.25) is 0 Å². The third kappa shape index (κ3) is 3.38. The fourth-order valence-corrected chi connectivity index (χ4v) is 3.30. The number of aliphatic hydroxyl groups excluding tert-OH is 5. The van der Waals surface area contributed by atoms with E-state index >= 15 is 0 Å². The summed E-state index contributed by atoms with van der Waals surface area (Å²) < 4.78 is 11.0. The zero-order valence-corrected chi connectivity index (χ0v) is 14.1. The Kier molecular flexibility index (Phi) is 6.04. The summed E-state index contributed by atoms with van der Waals surface area (Å²) in [4.78, 5) is 0. The number of ether oxygens (including phenoxy) is 2. The first-order valence-electron chi connectivity index (χ1n) is 8.16. The second-order valence-electron chi connectivity index (χ2n) is 7.03. The van der Waals surface area contributed by atoms with E-state index in [9.17, 15) is 30.6 Å². The van der Waals surface area contributed by atoms with E-state index in [1.54, 1.807) is 26.8 Å². The normalized spacial score (nSPS) is 46.9. The molecule has 0 amide bonds. The van der Waals surface area contributed by atoms with Crippen molar-refractivity contribution in [3.05, 3.63) is 11.6 Å². The van der Waals surface area contributed by atoms with Crippen molar-refractivity contribution in [1.82, 2.24) is 0 Å². The minimum atomic E-state index is -1.60. The summed E-state index contributed by atoms with van der Waals surface area (Å²) in [7, 11) is 0. The van der Waals surface area contributed by atoms with Crippen LogP contribution in [0.15, 0.2) is 11.6 Å². The topological polar surface area (TPSA) is 140 Å². The maximum Gasteiger partial charge on any atom is 0.187 e. The summed E-state index contributed by atoms with van der Waals surface area (Å²) in [6.07, 6.45) is -7.18. The van der Waals surface area contributed by atoms with E-state index in [1.165, 1.54) is 0 Å². The predicted molar refractivity (Wildman–Crippen MR) is 82.8 cm³/mol. The molecular weight excluding hydrogens is 320 g/mol. The first-order chi connectivity index (χ1) is 11.1. The van der Waals surface area contributed by atoms with Gasteiger partial charge in [0.2, 0.25) is 0 Å². The molecule has 8 atom stereocenters. The first-order valence-corrected chi connectivity index (χ1v) is 8.16. The van der Waals surface area contributed by atoms with Gasteiger partial charge in [0.05, 0.1) is 12.7 Å². The van der Waals surface area contributed by atoms with Crippen LogP contribution in [0.4, 0.5) is 0 Å². The van der Waals surface area contributed by atoms with Crippen molar-refractivity contribution >= 4 is 0 Å².